The minimum absolute atomic E-state index is 0.116. The Morgan fingerprint density at radius 3 is 2.65 bits per heavy atom. The predicted octanol–water partition coefficient (Wildman–Crippen LogP) is 2.86. The van der Waals surface area contributed by atoms with Gasteiger partial charge in [-0.1, -0.05) is 37.3 Å². The van der Waals surface area contributed by atoms with Crippen LogP contribution in [0.3, 0.4) is 0 Å². The van der Waals surface area contributed by atoms with Gasteiger partial charge in [-0.15, -0.1) is 0 Å². The van der Waals surface area contributed by atoms with E-state index in [1.807, 2.05) is 37.4 Å². The van der Waals surface area contributed by atoms with Crippen LogP contribution in [0.5, 0.6) is 0 Å². The third-order valence-electron chi connectivity index (χ3n) is 2.95. The Balaban J connectivity index is 2.02. The highest BCUT2D eigenvalue weighted by Gasteiger charge is 2.14. The van der Waals surface area contributed by atoms with Gasteiger partial charge in [0.2, 0.25) is 0 Å². The third kappa shape index (κ3) is 3.85. The van der Waals surface area contributed by atoms with Gasteiger partial charge in [0.05, 0.1) is 0 Å². The molecule has 1 N–H and O–H groups in total. The van der Waals surface area contributed by atoms with Gasteiger partial charge in [0.1, 0.15) is 0 Å². The molecule has 0 fully saturated rings. The Morgan fingerprint density at radius 1 is 1.30 bits per heavy atom. The van der Waals surface area contributed by atoms with Crippen molar-refractivity contribution in [3.05, 3.63) is 48.2 Å². The van der Waals surface area contributed by atoms with E-state index < -0.39 is 0 Å². The van der Waals surface area contributed by atoms with E-state index in [1.165, 1.54) is 0 Å². The summed E-state index contributed by atoms with van der Waals surface area (Å²) in [5.41, 5.74) is 1.12. The lowest BCUT2D eigenvalue weighted by Gasteiger charge is -2.22. The second-order valence-electron chi connectivity index (χ2n) is 4.71. The number of aromatic nitrogens is 2. The summed E-state index contributed by atoms with van der Waals surface area (Å²) in [4.78, 5) is 14.1. The van der Waals surface area contributed by atoms with E-state index in [2.05, 4.69) is 17.3 Å². The van der Waals surface area contributed by atoms with E-state index in [1.54, 1.807) is 21.8 Å². The average molecular weight is 272 g/mol. The molecule has 0 aliphatic rings. The first-order valence-electron chi connectivity index (χ1n) is 6.78. The van der Waals surface area contributed by atoms with Crippen LogP contribution in [0.2, 0.25) is 0 Å². The van der Waals surface area contributed by atoms with Crippen molar-refractivity contribution >= 4 is 11.8 Å². The topological polar surface area (TPSA) is 50.2 Å². The Hall–Kier alpha value is -2.30. The van der Waals surface area contributed by atoms with Crippen LogP contribution in [-0.2, 0) is 13.6 Å². The lowest BCUT2D eigenvalue weighted by molar-refractivity contribution is 0.209. The number of benzene rings is 1. The molecule has 2 rings (SSSR count). The number of nitrogens with zero attached hydrogens (tertiary/aromatic N) is 3. The van der Waals surface area contributed by atoms with E-state index in [0.717, 1.165) is 12.0 Å². The second kappa shape index (κ2) is 6.75. The molecule has 5 heteroatoms. The van der Waals surface area contributed by atoms with Gasteiger partial charge in [-0.3, -0.25) is 10.00 Å². The maximum Gasteiger partial charge on any atom is 0.323 e. The summed E-state index contributed by atoms with van der Waals surface area (Å²) < 4.78 is 1.66. The van der Waals surface area contributed by atoms with Gasteiger partial charge in [0.25, 0.3) is 0 Å². The first kappa shape index (κ1) is 14.1. The van der Waals surface area contributed by atoms with Crippen LogP contribution in [0.1, 0.15) is 18.9 Å². The largest absolute Gasteiger partial charge is 0.323 e. The molecule has 2 aromatic rings. The zero-order valence-electron chi connectivity index (χ0n) is 11.9. The van der Waals surface area contributed by atoms with Crippen LogP contribution < -0.4 is 5.32 Å². The molecule has 0 saturated carbocycles. The summed E-state index contributed by atoms with van der Waals surface area (Å²) in [6.07, 6.45) is 2.72. The fourth-order valence-electron chi connectivity index (χ4n) is 2.00. The molecule has 0 saturated heterocycles. The lowest BCUT2D eigenvalue weighted by Crippen LogP contribution is -2.35. The van der Waals surface area contributed by atoms with Crippen molar-refractivity contribution < 1.29 is 4.79 Å². The molecule has 0 bridgehead atoms. The van der Waals surface area contributed by atoms with E-state index in [4.69, 9.17) is 0 Å². The van der Waals surface area contributed by atoms with Crippen LogP contribution in [0, 0.1) is 0 Å². The molecule has 106 valence electrons. The van der Waals surface area contributed by atoms with Crippen molar-refractivity contribution in [1.29, 1.82) is 0 Å². The van der Waals surface area contributed by atoms with E-state index in [-0.39, 0.29) is 6.03 Å². The van der Waals surface area contributed by atoms with Gasteiger partial charge in [-0.25, -0.2) is 4.79 Å². The molecular formula is C15H20N4O. The molecular weight excluding hydrogens is 252 g/mol. The maximum absolute atomic E-state index is 12.3. The Bertz CT molecular complexity index is 550. The minimum atomic E-state index is -0.116. The Labute approximate surface area is 119 Å². The predicted molar refractivity (Wildman–Crippen MR) is 79.4 cm³/mol. The van der Waals surface area contributed by atoms with Crippen LogP contribution in [0.15, 0.2) is 42.6 Å². The molecule has 1 aromatic heterocycles. The maximum atomic E-state index is 12.3. The molecule has 0 spiro atoms. The summed E-state index contributed by atoms with van der Waals surface area (Å²) in [5, 5.41) is 6.98. The molecule has 2 amide bonds. The molecule has 5 nitrogen and oxygen atoms in total. The van der Waals surface area contributed by atoms with Crippen molar-refractivity contribution in [3.8, 4) is 0 Å². The standard InChI is InChI=1S/C15H20N4O/c1-3-10-19(12-13-7-5-4-6-8-13)15(20)16-14-9-11-18(2)17-14/h4-9,11H,3,10,12H2,1-2H3,(H,16,17,20). The Kier molecular flexibility index (Phi) is 4.76. The van der Waals surface area contributed by atoms with Crippen molar-refractivity contribution in [3.63, 3.8) is 0 Å². The highest BCUT2D eigenvalue weighted by Crippen LogP contribution is 2.08. The molecule has 0 radical (unpaired) electrons. The number of hydrogen-bond donors (Lipinski definition) is 1. The number of anilines is 1. The van der Waals surface area contributed by atoms with Gasteiger partial charge in [-0.05, 0) is 12.0 Å². The highest BCUT2D eigenvalue weighted by atomic mass is 16.2. The summed E-state index contributed by atoms with van der Waals surface area (Å²) in [7, 11) is 1.82. The number of hydrogen-bond acceptors (Lipinski definition) is 2. The van der Waals surface area contributed by atoms with E-state index in [9.17, 15) is 4.79 Å². The summed E-state index contributed by atoms with van der Waals surface area (Å²) >= 11 is 0. The minimum Gasteiger partial charge on any atom is -0.320 e. The van der Waals surface area contributed by atoms with Crippen LogP contribution >= 0.6 is 0 Å². The fourth-order valence-corrected chi connectivity index (χ4v) is 2.00. The summed E-state index contributed by atoms with van der Waals surface area (Å²) in [6, 6.07) is 11.7. The SMILES string of the molecule is CCCN(Cc1ccccc1)C(=O)Nc1ccn(C)n1. The number of carbonyl (C=O) groups excluding carboxylic acids is 1. The summed E-state index contributed by atoms with van der Waals surface area (Å²) in [5.74, 6) is 0.576. The average Bonchev–Trinajstić information content (AvgIpc) is 2.85. The number of rotatable bonds is 5. The van der Waals surface area contributed by atoms with Crippen molar-refractivity contribution in [1.82, 2.24) is 14.7 Å². The first-order chi connectivity index (χ1) is 9.69. The molecule has 1 aromatic carbocycles. The number of aryl methyl sites for hydroxylation is 1. The third-order valence-corrected chi connectivity index (χ3v) is 2.95. The van der Waals surface area contributed by atoms with Crippen molar-refractivity contribution in [2.45, 2.75) is 19.9 Å². The monoisotopic (exact) mass is 272 g/mol. The summed E-state index contributed by atoms with van der Waals surface area (Å²) in [6.45, 7) is 3.38. The molecule has 0 aliphatic heterocycles. The number of carbonyl (C=O) groups is 1. The molecule has 0 unspecified atom stereocenters. The number of nitrogens with one attached hydrogen (secondary N) is 1. The van der Waals surface area contributed by atoms with E-state index in [0.29, 0.717) is 18.9 Å². The molecule has 20 heavy (non-hydrogen) atoms. The smallest absolute Gasteiger partial charge is 0.320 e. The van der Waals surface area contributed by atoms with Crippen LogP contribution in [0.4, 0.5) is 10.6 Å². The number of urea groups is 1. The van der Waals surface area contributed by atoms with Gasteiger partial charge in [0.15, 0.2) is 5.82 Å². The Morgan fingerprint density at radius 2 is 2.05 bits per heavy atom. The van der Waals surface area contributed by atoms with E-state index >= 15 is 0 Å². The van der Waals surface area contributed by atoms with Gasteiger partial charge in [0, 0.05) is 32.4 Å². The first-order valence-corrected chi connectivity index (χ1v) is 6.78. The van der Waals surface area contributed by atoms with Crippen LogP contribution in [0.25, 0.3) is 0 Å². The normalized spacial score (nSPS) is 10.3. The van der Waals surface area contributed by atoms with Gasteiger partial charge < -0.3 is 4.90 Å². The molecule has 0 atom stereocenters. The van der Waals surface area contributed by atoms with Crippen molar-refractivity contribution in [2.24, 2.45) is 7.05 Å². The quantitative estimate of drug-likeness (QED) is 0.910. The number of amides is 2. The van der Waals surface area contributed by atoms with Gasteiger partial charge in [-0.2, -0.15) is 5.10 Å². The molecule has 0 aliphatic carbocycles. The fraction of sp³-hybridized carbons (Fsp3) is 0.333. The molecule has 1 heterocycles. The van der Waals surface area contributed by atoms with Crippen LogP contribution in [-0.4, -0.2) is 27.3 Å². The second-order valence-corrected chi connectivity index (χ2v) is 4.71. The highest BCUT2D eigenvalue weighted by molar-refractivity contribution is 5.88. The lowest BCUT2D eigenvalue weighted by atomic mass is 10.2. The zero-order chi connectivity index (χ0) is 14.4. The van der Waals surface area contributed by atoms with Crippen molar-refractivity contribution in [2.75, 3.05) is 11.9 Å². The van der Waals surface area contributed by atoms with Gasteiger partial charge >= 0.3 is 6.03 Å². The zero-order valence-corrected chi connectivity index (χ0v) is 11.9.